The summed E-state index contributed by atoms with van der Waals surface area (Å²) in [6, 6.07) is 8.06. The Balaban J connectivity index is 1.84. The van der Waals surface area contributed by atoms with E-state index >= 15 is 0 Å². The first-order valence-corrected chi connectivity index (χ1v) is 6.37. The summed E-state index contributed by atoms with van der Waals surface area (Å²) >= 11 is 0. The van der Waals surface area contributed by atoms with E-state index in [1.807, 2.05) is 12.1 Å². The van der Waals surface area contributed by atoms with Crippen molar-refractivity contribution < 1.29 is 9.13 Å². The van der Waals surface area contributed by atoms with Crippen molar-refractivity contribution in [3.63, 3.8) is 0 Å². The lowest BCUT2D eigenvalue weighted by Gasteiger charge is -2.22. The molecule has 1 heterocycles. The van der Waals surface area contributed by atoms with Crippen LogP contribution in [0, 0.1) is 5.92 Å². The van der Waals surface area contributed by atoms with Crippen LogP contribution in [0.5, 0.6) is 5.75 Å². The molecule has 17 heavy (non-hydrogen) atoms. The highest BCUT2D eigenvalue weighted by atomic mass is 19.1. The van der Waals surface area contributed by atoms with Crippen LogP contribution < -0.4 is 10.1 Å². The Hall–Kier alpha value is -1.09. The zero-order valence-electron chi connectivity index (χ0n) is 10.1. The molecule has 1 fully saturated rings. The van der Waals surface area contributed by atoms with Crippen LogP contribution in [0.15, 0.2) is 24.3 Å². The summed E-state index contributed by atoms with van der Waals surface area (Å²) in [7, 11) is 0. The fourth-order valence-electron chi connectivity index (χ4n) is 2.30. The van der Waals surface area contributed by atoms with Crippen molar-refractivity contribution in [3.05, 3.63) is 29.8 Å². The van der Waals surface area contributed by atoms with Gasteiger partial charge in [0.1, 0.15) is 19.0 Å². The van der Waals surface area contributed by atoms with Crippen molar-refractivity contribution in [3.8, 4) is 5.75 Å². The smallest absolute Gasteiger partial charge is 0.123 e. The van der Waals surface area contributed by atoms with Crippen LogP contribution in [-0.4, -0.2) is 26.4 Å². The lowest BCUT2D eigenvalue weighted by molar-refractivity contribution is 0.273. The summed E-state index contributed by atoms with van der Waals surface area (Å²) in [5.41, 5.74) is 1.35. The number of hydrogen-bond acceptors (Lipinski definition) is 2. The van der Waals surface area contributed by atoms with Crippen molar-refractivity contribution >= 4 is 0 Å². The molecule has 0 amide bonds. The maximum absolute atomic E-state index is 11.9. The number of nitrogens with one attached hydrogen (secondary N) is 1. The minimum Gasteiger partial charge on any atom is -0.491 e. The largest absolute Gasteiger partial charge is 0.491 e. The van der Waals surface area contributed by atoms with Gasteiger partial charge in [-0.2, -0.15) is 0 Å². The highest BCUT2D eigenvalue weighted by molar-refractivity contribution is 5.27. The number of hydrogen-bond donors (Lipinski definition) is 1. The van der Waals surface area contributed by atoms with E-state index in [1.165, 1.54) is 18.4 Å². The molecule has 0 radical (unpaired) electrons. The standard InChI is InChI=1S/C14H20FNO/c15-7-10-17-14-3-1-12(2-4-14)11-13-5-8-16-9-6-13/h1-4,13,16H,5-11H2. The van der Waals surface area contributed by atoms with Gasteiger partial charge < -0.3 is 10.1 Å². The minimum atomic E-state index is -0.434. The predicted octanol–water partition coefficient (Wildman–Crippen LogP) is 2.58. The molecule has 0 bridgehead atoms. The number of benzene rings is 1. The third kappa shape index (κ3) is 4.00. The van der Waals surface area contributed by atoms with E-state index in [1.54, 1.807) is 0 Å². The molecule has 0 saturated carbocycles. The zero-order valence-corrected chi connectivity index (χ0v) is 10.1. The van der Waals surface area contributed by atoms with Crippen LogP contribution in [0.1, 0.15) is 18.4 Å². The molecular formula is C14H20FNO. The Morgan fingerprint density at radius 1 is 1.18 bits per heavy atom. The van der Waals surface area contributed by atoms with Crippen LogP contribution in [0.25, 0.3) is 0 Å². The maximum atomic E-state index is 11.9. The quantitative estimate of drug-likeness (QED) is 0.850. The van der Waals surface area contributed by atoms with Crippen LogP contribution in [-0.2, 0) is 6.42 Å². The second-order valence-corrected chi connectivity index (χ2v) is 4.58. The first-order valence-electron chi connectivity index (χ1n) is 6.37. The first-order chi connectivity index (χ1) is 8.38. The molecule has 1 aromatic rings. The summed E-state index contributed by atoms with van der Waals surface area (Å²) < 4.78 is 17.2. The summed E-state index contributed by atoms with van der Waals surface area (Å²) in [5.74, 6) is 1.56. The van der Waals surface area contributed by atoms with Gasteiger partial charge in [-0.3, -0.25) is 0 Å². The second-order valence-electron chi connectivity index (χ2n) is 4.58. The molecule has 0 spiro atoms. The van der Waals surface area contributed by atoms with Crippen molar-refractivity contribution in [2.24, 2.45) is 5.92 Å². The first kappa shape index (κ1) is 12.4. The van der Waals surface area contributed by atoms with E-state index in [-0.39, 0.29) is 6.61 Å². The molecule has 2 nitrogen and oxygen atoms in total. The molecule has 1 aliphatic rings. The van der Waals surface area contributed by atoms with Gasteiger partial charge in [0.05, 0.1) is 0 Å². The number of halogens is 1. The number of rotatable bonds is 5. The van der Waals surface area contributed by atoms with Gasteiger partial charge in [0.2, 0.25) is 0 Å². The molecule has 1 saturated heterocycles. The highest BCUT2D eigenvalue weighted by Crippen LogP contribution is 2.20. The maximum Gasteiger partial charge on any atom is 0.123 e. The van der Waals surface area contributed by atoms with Crippen molar-refractivity contribution in [2.75, 3.05) is 26.4 Å². The second kappa shape index (κ2) is 6.60. The van der Waals surface area contributed by atoms with E-state index in [2.05, 4.69) is 17.4 Å². The van der Waals surface area contributed by atoms with Gasteiger partial charge in [0.25, 0.3) is 0 Å². The SMILES string of the molecule is FCCOc1ccc(CC2CCNCC2)cc1. The van der Waals surface area contributed by atoms with E-state index in [0.29, 0.717) is 0 Å². The number of piperidine rings is 1. The summed E-state index contributed by atoms with van der Waals surface area (Å²) in [4.78, 5) is 0. The van der Waals surface area contributed by atoms with E-state index < -0.39 is 6.67 Å². The summed E-state index contributed by atoms with van der Waals surface area (Å²) in [6.07, 6.45) is 3.67. The van der Waals surface area contributed by atoms with Crippen molar-refractivity contribution in [2.45, 2.75) is 19.3 Å². The Morgan fingerprint density at radius 2 is 1.88 bits per heavy atom. The highest BCUT2D eigenvalue weighted by Gasteiger charge is 2.13. The average Bonchev–Trinajstić information content (AvgIpc) is 2.39. The van der Waals surface area contributed by atoms with Crippen LogP contribution >= 0.6 is 0 Å². The average molecular weight is 237 g/mol. The molecule has 3 heteroatoms. The monoisotopic (exact) mass is 237 g/mol. The fraction of sp³-hybridized carbons (Fsp3) is 0.571. The van der Waals surface area contributed by atoms with Gasteiger partial charge in [-0.1, -0.05) is 12.1 Å². The van der Waals surface area contributed by atoms with E-state index in [9.17, 15) is 4.39 Å². The molecular weight excluding hydrogens is 217 g/mol. The topological polar surface area (TPSA) is 21.3 Å². The van der Waals surface area contributed by atoms with Crippen LogP contribution in [0.4, 0.5) is 4.39 Å². The molecule has 1 aliphatic heterocycles. The summed E-state index contributed by atoms with van der Waals surface area (Å²) in [5, 5.41) is 3.38. The normalized spacial score (nSPS) is 17.0. The molecule has 2 rings (SSSR count). The molecule has 94 valence electrons. The van der Waals surface area contributed by atoms with Crippen molar-refractivity contribution in [1.29, 1.82) is 0 Å². The van der Waals surface area contributed by atoms with Crippen molar-refractivity contribution in [1.82, 2.24) is 5.32 Å². The molecule has 0 unspecified atom stereocenters. The van der Waals surface area contributed by atoms with Gasteiger partial charge in [-0.15, -0.1) is 0 Å². The minimum absolute atomic E-state index is 0.146. The lowest BCUT2D eigenvalue weighted by atomic mass is 9.91. The Kier molecular flexibility index (Phi) is 4.80. The van der Waals surface area contributed by atoms with Gasteiger partial charge in [-0.05, 0) is 56.0 Å². The van der Waals surface area contributed by atoms with Gasteiger partial charge in [0, 0.05) is 0 Å². The zero-order chi connectivity index (χ0) is 11.9. The number of ether oxygens (including phenoxy) is 1. The Bertz CT molecular complexity index is 319. The van der Waals surface area contributed by atoms with Gasteiger partial charge in [-0.25, -0.2) is 4.39 Å². The van der Waals surface area contributed by atoms with Gasteiger partial charge in [0.15, 0.2) is 0 Å². The van der Waals surface area contributed by atoms with Crippen LogP contribution in [0.3, 0.4) is 0 Å². The predicted molar refractivity (Wildman–Crippen MR) is 67.2 cm³/mol. The third-order valence-electron chi connectivity index (χ3n) is 3.25. The lowest BCUT2D eigenvalue weighted by Crippen LogP contribution is -2.28. The molecule has 1 N–H and O–H groups in total. The van der Waals surface area contributed by atoms with Gasteiger partial charge >= 0.3 is 0 Å². The molecule has 0 atom stereocenters. The molecule has 0 aliphatic carbocycles. The van der Waals surface area contributed by atoms with E-state index in [4.69, 9.17) is 4.74 Å². The molecule has 0 aromatic heterocycles. The third-order valence-corrected chi connectivity index (χ3v) is 3.25. The van der Waals surface area contributed by atoms with E-state index in [0.717, 1.165) is 31.2 Å². The summed E-state index contributed by atoms with van der Waals surface area (Å²) in [6.45, 7) is 2.00. The Morgan fingerprint density at radius 3 is 2.53 bits per heavy atom. The molecule has 1 aromatic carbocycles. The fourth-order valence-corrected chi connectivity index (χ4v) is 2.30. The Labute approximate surface area is 102 Å². The van der Waals surface area contributed by atoms with Crippen LogP contribution in [0.2, 0.25) is 0 Å². The number of alkyl halides is 1.